The fourth-order valence-corrected chi connectivity index (χ4v) is 1.70. The molecule has 0 spiro atoms. The van der Waals surface area contributed by atoms with Gasteiger partial charge in [0.25, 0.3) is 5.69 Å². The summed E-state index contributed by atoms with van der Waals surface area (Å²) in [5.41, 5.74) is 7.93. The van der Waals surface area contributed by atoms with Crippen LogP contribution in [0, 0.1) is 10.1 Å². The first-order valence-corrected chi connectivity index (χ1v) is 5.09. The summed E-state index contributed by atoms with van der Waals surface area (Å²) >= 11 is 0. The maximum absolute atomic E-state index is 10.7. The molecule has 0 radical (unpaired) electrons. The molecule has 1 aromatic carbocycles. The first-order chi connectivity index (χ1) is 8.11. The van der Waals surface area contributed by atoms with Gasteiger partial charge >= 0.3 is 0 Å². The van der Waals surface area contributed by atoms with Crippen molar-refractivity contribution < 1.29 is 4.92 Å². The monoisotopic (exact) mass is 232 g/mol. The van der Waals surface area contributed by atoms with E-state index in [4.69, 9.17) is 5.73 Å². The molecule has 0 fully saturated rings. The highest BCUT2D eigenvalue weighted by molar-refractivity contribution is 5.65. The van der Waals surface area contributed by atoms with Crippen LogP contribution in [-0.2, 0) is 13.6 Å². The fourth-order valence-electron chi connectivity index (χ4n) is 1.70. The highest BCUT2D eigenvalue weighted by Gasteiger charge is 2.12. The van der Waals surface area contributed by atoms with Crippen LogP contribution in [0.2, 0.25) is 0 Å². The van der Waals surface area contributed by atoms with Gasteiger partial charge in [-0.3, -0.25) is 14.8 Å². The number of benzene rings is 1. The Labute approximate surface area is 97.8 Å². The molecule has 0 atom stereocenters. The molecule has 1 aromatic heterocycles. The molecule has 0 aliphatic carbocycles. The first kappa shape index (κ1) is 11.3. The third-order valence-electron chi connectivity index (χ3n) is 2.45. The van der Waals surface area contributed by atoms with Gasteiger partial charge in [-0.15, -0.1) is 0 Å². The zero-order chi connectivity index (χ0) is 12.4. The summed E-state index contributed by atoms with van der Waals surface area (Å²) in [4.78, 5) is 10.3. The predicted molar refractivity (Wildman–Crippen MR) is 63.2 cm³/mol. The predicted octanol–water partition coefficient (Wildman–Crippen LogP) is 1.45. The van der Waals surface area contributed by atoms with E-state index >= 15 is 0 Å². The van der Waals surface area contributed by atoms with Crippen LogP contribution < -0.4 is 5.73 Å². The Morgan fingerprint density at radius 3 is 2.94 bits per heavy atom. The molecule has 0 saturated carbocycles. The highest BCUT2D eigenvalue weighted by atomic mass is 16.6. The van der Waals surface area contributed by atoms with Gasteiger partial charge in [-0.1, -0.05) is 12.1 Å². The molecular formula is C11H12N4O2. The maximum Gasteiger partial charge on any atom is 0.270 e. The van der Waals surface area contributed by atoms with Gasteiger partial charge in [0.15, 0.2) is 0 Å². The van der Waals surface area contributed by atoms with E-state index in [-0.39, 0.29) is 5.69 Å². The second kappa shape index (κ2) is 4.34. The van der Waals surface area contributed by atoms with Gasteiger partial charge in [0.2, 0.25) is 0 Å². The van der Waals surface area contributed by atoms with E-state index in [1.54, 1.807) is 23.9 Å². The van der Waals surface area contributed by atoms with Crippen molar-refractivity contribution in [1.82, 2.24) is 9.78 Å². The lowest BCUT2D eigenvalue weighted by Gasteiger charge is -1.99. The fraction of sp³-hybridized carbons (Fsp3) is 0.182. The lowest BCUT2D eigenvalue weighted by molar-refractivity contribution is -0.384. The third-order valence-corrected chi connectivity index (χ3v) is 2.45. The Bertz CT molecular complexity index is 562. The number of nitrogens with zero attached hydrogens (tertiary/aromatic N) is 3. The molecule has 0 bridgehead atoms. The molecule has 6 nitrogen and oxygen atoms in total. The number of aromatic nitrogens is 2. The van der Waals surface area contributed by atoms with E-state index in [0.29, 0.717) is 17.8 Å². The van der Waals surface area contributed by atoms with Crippen LogP contribution in [0.3, 0.4) is 0 Å². The molecule has 2 rings (SSSR count). The average Bonchev–Trinajstić information content (AvgIpc) is 2.70. The van der Waals surface area contributed by atoms with Gasteiger partial charge in [-0.05, 0) is 0 Å². The lowest BCUT2D eigenvalue weighted by atomic mass is 10.1. The summed E-state index contributed by atoms with van der Waals surface area (Å²) in [7, 11) is 1.79. The minimum Gasteiger partial charge on any atom is -0.326 e. The van der Waals surface area contributed by atoms with Crippen LogP contribution in [0.15, 0.2) is 30.5 Å². The number of aryl methyl sites for hydroxylation is 1. The molecule has 1 heterocycles. The van der Waals surface area contributed by atoms with Gasteiger partial charge in [-0.25, -0.2) is 0 Å². The van der Waals surface area contributed by atoms with E-state index in [0.717, 1.165) is 5.56 Å². The van der Waals surface area contributed by atoms with Crippen molar-refractivity contribution in [2.75, 3.05) is 0 Å². The van der Waals surface area contributed by atoms with E-state index < -0.39 is 4.92 Å². The average molecular weight is 232 g/mol. The van der Waals surface area contributed by atoms with Crippen molar-refractivity contribution >= 4 is 5.69 Å². The number of nitro groups is 1. The van der Waals surface area contributed by atoms with Crippen molar-refractivity contribution in [2.45, 2.75) is 6.54 Å². The summed E-state index contributed by atoms with van der Waals surface area (Å²) in [6.07, 6.45) is 1.81. The largest absolute Gasteiger partial charge is 0.326 e. The van der Waals surface area contributed by atoms with Crippen LogP contribution >= 0.6 is 0 Å². The van der Waals surface area contributed by atoms with Gasteiger partial charge in [0.05, 0.1) is 10.6 Å². The first-order valence-electron chi connectivity index (χ1n) is 5.09. The minimum absolute atomic E-state index is 0.0520. The molecule has 17 heavy (non-hydrogen) atoms. The minimum atomic E-state index is -0.422. The molecule has 0 unspecified atom stereocenters. The summed E-state index contributed by atoms with van der Waals surface area (Å²) in [6.45, 7) is 0.353. The Morgan fingerprint density at radius 1 is 1.53 bits per heavy atom. The maximum atomic E-state index is 10.7. The summed E-state index contributed by atoms with van der Waals surface area (Å²) < 4.78 is 1.65. The number of hydrogen-bond donors (Lipinski definition) is 1. The second-order valence-electron chi connectivity index (χ2n) is 3.69. The smallest absolute Gasteiger partial charge is 0.270 e. The van der Waals surface area contributed by atoms with Gasteiger partial charge in [0, 0.05) is 43.0 Å². The summed E-state index contributed by atoms with van der Waals surface area (Å²) in [5.74, 6) is 0. The molecule has 2 aromatic rings. The molecular weight excluding hydrogens is 220 g/mol. The number of hydrogen-bond acceptors (Lipinski definition) is 4. The molecule has 0 aliphatic rings. The molecule has 0 amide bonds. The third kappa shape index (κ3) is 2.16. The summed E-state index contributed by atoms with van der Waals surface area (Å²) in [6, 6.07) is 6.38. The number of nitrogens with two attached hydrogens (primary N) is 1. The van der Waals surface area contributed by atoms with E-state index in [9.17, 15) is 10.1 Å². The van der Waals surface area contributed by atoms with Crippen LogP contribution in [0.5, 0.6) is 0 Å². The second-order valence-corrected chi connectivity index (χ2v) is 3.69. The van der Waals surface area contributed by atoms with E-state index in [1.807, 2.05) is 6.20 Å². The Hall–Kier alpha value is -2.21. The molecule has 0 aliphatic heterocycles. The van der Waals surface area contributed by atoms with Crippen molar-refractivity contribution in [1.29, 1.82) is 0 Å². The quantitative estimate of drug-likeness (QED) is 0.641. The van der Waals surface area contributed by atoms with Crippen LogP contribution in [0.4, 0.5) is 5.69 Å². The van der Waals surface area contributed by atoms with Crippen molar-refractivity contribution in [3.8, 4) is 11.3 Å². The Morgan fingerprint density at radius 2 is 2.29 bits per heavy atom. The number of non-ortho nitro benzene ring substituents is 1. The topological polar surface area (TPSA) is 87.0 Å². The Balaban J connectivity index is 2.52. The zero-order valence-electron chi connectivity index (χ0n) is 9.33. The van der Waals surface area contributed by atoms with E-state index in [1.165, 1.54) is 12.1 Å². The van der Waals surface area contributed by atoms with Gasteiger partial charge in [0.1, 0.15) is 0 Å². The normalized spacial score (nSPS) is 10.5. The lowest BCUT2D eigenvalue weighted by Crippen LogP contribution is -1.97. The Kier molecular flexibility index (Phi) is 2.88. The number of rotatable bonds is 3. The van der Waals surface area contributed by atoms with Crippen LogP contribution in [-0.4, -0.2) is 14.7 Å². The molecule has 0 saturated heterocycles. The standard InChI is InChI=1S/C11H12N4O2/c1-14-7-9(6-12)11(13-14)8-3-2-4-10(5-8)15(16)17/h2-5,7H,6,12H2,1H3. The van der Waals surface area contributed by atoms with E-state index in [2.05, 4.69) is 5.10 Å². The molecule has 2 N–H and O–H groups in total. The van der Waals surface area contributed by atoms with Crippen molar-refractivity contribution in [2.24, 2.45) is 12.8 Å². The van der Waals surface area contributed by atoms with Gasteiger partial charge in [-0.2, -0.15) is 5.10 Å². The summed E-state index contributed by atoms with van der Waals surface area (Å²) in [5, 5.41) is 15.0. The van der Waals surface area contributed by atoms with Crippen molar-refractivity contribution in [3.05, 3.63) is 46.1 Å². The molecule has 6 heteroatoms. The molecule has 88 valence electrons. The van der Waals surface area contributed by atoms with Crippen LogP contribution in [0.25, 0.3) is 11.3 Å². The highest BCUT2D eigenvalue weighted by Crippen LogP contribution is 2.25. The van der Waals surface area contributed by atoms with Gasteiger partial charge < -0.3 is 5.73 Å². The van der Waals surface area contributed by atoms with Crippen LogP contribution in [0.1, 0.15) is 5.56 Å². The SMILES string of the molecule is Cn1cc(CN)c(-c2cccc([N+](=O)[O-])c2)n1. The zero-order valence-corrected chi connectivity index (χ0v) is 9.33. The number of nitro benzene ring substituents is 1. The van der Waals surface area contributed by atoms with Crippen molar-refractivity contribution in [3.63, 3.8) is 0 Å².